The number of phenols is 1. The Bertz CT molecular complexity index is 342. The van der Waals surface area contributed by atoms with Gasteiger partial charge in [-0.3, -0.25) is 0 Å². The van der Waals surface area contributed by atoms with E-state index < -0.39 is 5.60 Å². The molecule has 0 spiro atoms. The van der Waals surface area contributed by atoms with Crippen molar-refractivity contribution in [1.29, 1.82) is 0 Å². The van der Waals surface area contributed by atoms with Crippen LogP contribution in [0.3, 0.4) is 0 Å². The van der Waals surface area contributed by atoms with Gasteiger partial charge in [0.1, 0.15) is 5.75 Å². The molecule has 1 aromatic carbocycles. The second-order valence-electron chi connectivity index (χ2n) is 3.98. The summed E-state index contributed by atoms with van der Waals surface area (Å²) in [4.78, 5) is 0. The minimum absolute atomic E-state index is 0.121. The number of aliphatic hydroxyl groups excluding tert-OH is 1. The molecule has 0 bridgehead atoms. The monoisotopic (exact) mass is 194 g/mol. The summed E-state index contributed by atoms with van der Waals surface area (Å²) in [6.07, 6.45) is 2.08. The molecule has 2 rings (SSSR count). The Morgan fingerprint density at radius 3 is 2.43 bits per heavy atom. The Balaban J connectivity index is 2.24. The molecule has 0 heterocycles. The maximum absolute atomic E-state index is 9.71. The summed E-state index contributed by atoms with van der Waals surface area (Å²) in [5.41, 5.74) is 0.634. The van der Waals surface area contributed by atoms with Crippen LogP contribution in [-0.2, 0) is 13.0 Å². The lowest BCUT2D eigenvalue weighted by atomic mass is 10.0. The number of aliphatic hydroxyl groups is 2. The number of rotatable bonds is 3. The van der Waals surface area contributed by atoms with E-state index in [1.807, 2.05) is 0 Å². The van der Waals surface area contributed by atoms with Gasteiger partial charge in [0.2, 0.25) is 0 Å². The number of hydrogen-bond donors (Lipinski definition) is 3. The maximum Gasteiger partial charge on any atom is 0.124 e. The van der Waals surface area contributed by atoms with Crippen molar-refractivity contribution in [3.8, 4) is 5.75 Å². The van der Waals surface area contributed by atoms with E-state index in [1.165, 1.54) is 0 Å². The normalized spacial score (nSPS) is 18.1. The molecule has 1 aliphatic carbocycles. The average molecular weight is 194 g/mol. The van der Waals surface area contributed by atoms with Crippen molar-refractivity contribution in [3.63, 3.8) is 0 Å². The predicted molar refractivity (Wildman–Crippen MR) is 51.9 cm³/mol. The first-order valence-corrected chi connectivity index (χ1v) is 4.78. The molecule has 0 atom stereocenters. The highest BCUT2D eigenvalue weighted by atomic mass is 16.3. The van der Waals surface area contributed by atoms with Crippen LogP contribution < -0.4 is 0 Å². The fourth-order valence-electron chi connectivity index (χ4n) is 1.59. The summed E-state index contributed by atoms with van der Waals surface area (Å²) in [5.74, 6) is 0.121. The fraction of sp³-hybridized carbons (Fsp3) is 0.455. The molecule has 3 heteroatoms. The molecule has 0 amide bonds. The van der Waals surface area contributed by atoms with Crippen molar-refractivity contribution in [2.24, 2.45) is 0 Å². The zero-order valence-electron chi connectivity index (χ0n) is 7.90. The smallest absolute Gasteiger partial charge is 0.124 e. The van der Waals surface area contributed by atoms with Crippen LogP contribution in [0.15, 0.2) is 18.2 Å². The molecule has 1 aliphatic rings. The fourth-order valence-corrected chi connectivity index (χ4v) is 1.59. The van der Waals surface area contributed by atoms with Gasteiger partial charge in [0.25, 0.3) is 0 Å². The zero-order chi connectivity index (χ0) is 10.2. The quantitative estimate of drug-likeness (QED) is 0.671. The standard InChI is InChI=1S/C11H14O3/c12-7-9-3-1-2-8(10(9)13)6-11(14)4-5-11/h1-3,12-14H,4-7H2. The third kappa shape index (κ3) is 1.74. The molecule has 1 aromatic rings. The molecule has 0 radical (unpaired) electrons. The zero-order valence-corrected chi connectivity index (χ0v) is 7.90. The van der Waals surface area contributed by atoms with Crippen molar-refractivity contribution in [3.05, 3.63) is 29.3 Å². The van der Waals surface area contributed by atoms with Gasteiger partial charge in [-0.15, -0.1) is 0 Å². The number of hydrogen-bond acceptors (Lipinski definition) is 3. The van der Waals surface area contributed by atoms with Gasteiger partial charge in [-0.05, 0) is 18.4 Å². The molecule has 76 valence electrons. The number of benzene rings is 1. The lowest BCUT2D eigenvalue weighted by molar-refractivity contribution is 0.149. The van der Waals surface area contributed by atoms with Crippen LogP contribution in [0.25, 0.3) is 0 Å². The molecule has 14 heavy (non-hydrogen) atoms. The Morgan fingerprint density at radius 2 is 1.86 bits per heavy atom. The highest BCUT2D eigenvalue weighted by Crippen LogP contribution is 2.40. The summed E-state index contributed by atoms with van der Waals surface area (Å²) in [7, 11) is 0. The van der Waals surface area contributed by atoms with E-state index in [9.17, 15) is 10.2 Å². The van der Waals surface area contributed by atoms with Crippen LogP contribution >= 0.6 is 0 Å². The van der Waals surface area contributed by atoms with Crippen LogP contribution in [0.1, 0.15) is 24.0 Å². The van der Waals surface area contributed by atoms with Crippen LogP contribution in [0.4, 0.5) is 0 Å². The molecule has 3 N–H and O–H groups in total. The van der Waals surface area contributed by atoms with E-state index in [0.717, 1.165) is 18.4 Å². The summed E-state index contributed by atoms with van der Waals surface area (Å²) < 4.78 is 0. The Hall–Kier alpha value is -1.06. The first kappa shape index (κ1) is 9.49. The molecule has 0 saturated heterocycles. The van der Waals surface area contributed by atoms with Crippen LogP contribution in [0.5, 0.6) is 5.75 Å². The second kappa shape index (κ2) is 3.26. The third-order valence-corrected chi connectivity index (χ3v) is 2.72. The van der Waals surface area contributed by atoms with Gasteiger partial charge in [-0.25, -0.2) is 0 Å². The summed E-state index contributed by atoms with van der Waals surface area (Å²) in [5, 5.41) is 28.3. The lowest BCUT2D eigenvalue weighted by Gasteiger charge is -2.11. The van der Waals surface area contributed by atoms with Gasteiger partial charge in [0.05, 0.1) is 12.2 Å². The molecule has 3 nitrogen and oxygen atoms in total. The molecular formula is C11H14O3. The van der Waals surface area contributed by atoms with E-state index >= 15 is 0 Å². The van der Waals surface area contributed by atoms with Gasteiger partial charge >= 0.3 is 0 Å². The van der Waals surface area contributed by atoms with Crippen molar-refractivity contribution in [1.82, 2.24) is 0 Å². The van der Waals surface area contributed by atoms with E-state index in [4.69, 9.17) is 5.11 Å². The maximum atomic E-state index is 9.71. The number of para-hydroxylation sites is 1. The first-order chi connectivity index (χ1) is 6.64. The van der Waals surface area contributed by atoms with Crippen LogP contribution in [0.2, 0.25) is 0 Å². The largest absolute Gasteiger partial charge is 0.507 e. The summed E-state index contributed by atoms with van der Waals surface area (Å²) in [6, 6.07) is 5.24. The minimum atomic E-state index is -0.606. The third-order valence-electron chi connectivity index (χ3n) is 2.72. The molecular weight excluding hydrogens is 180 g/mol. The Morgan fingerprint density at radius 1 is 1.21 bits per heavy atom. The Labute approximate surface area is 82.6 Å². The lowest BCUT2D eigenvalue weighted by Crippen LogP contribution is -2.11. The van der Waals surface area contributed by atoms with E-state index in [0.29, 0.717) is 12.0 Å². The van der Waals surface area contributed by atoms with Gasteiger partial charge in [0.15, 0.2) is 0 Å². The topological polar surface area (TPSA) is 60.7 Å². The van der Waals surface area contributed by atoms with Crippen molar-refractivity contribution in [2.45, 2.75) is 31.5 Å². The van der Waals surface area contributed by atoms with Crippen molar-refractivity contribution >= 4 is 0 Å². The Kier molecular flexibility index (Phi) is 2.21. The van der Waals surface area contributed by atoms with Crippen LogP contribution in [0, 0.1) is 0 Å². The average Bonchev–Trinajstić information content (AvgIpc) is 2.88. The van der Waals surface area contributed by atoms with E-state index in [2.05, 4.69) is 0 Å². The highest BCUT2D eigenvalue weighted by Gasteiger charge is 2.40. The highest BCUT2D eigenvalue weighted by molar-refractivity contribution is 5.41. The molecule has 1 saturated carbocycles. The molecule has 0 unspecified atom stereocenters. The minimum Gasteiger partial charge on any atom is -0.507 e. The summed E-state index contributed by atoms with van der Waals surface area (Å²) >= 11 is 0. The number of aromatic hydroxyl groups is 1. The SMILES string of the molecule is OCc1cccc(CC2(O)CC2)c1O. The van der Waals surface area contributed by atoms with Crippen LogP contribution in [-0.4, -0.2) is 20.9 Å². The predicted octanol–water partition coefficient (Wildman–Crippen LogP) is 0.952. The van der Waals surface area contributed by atoms with E-state index in [1.54, 1.807) is 18.2 Å². The van der Waals surface area contributed by atoms with Gasteiger partial charge in [-0.2, -0.15) is 0 Å². The molecule has 0 aromatic heterocycles. The van der Waals surface area contributed by atoms with E-state index in [-0.39, 0.29) is 12.4 Å². The van der Waals surface area contributed by atoms with Gasteiger partial charge < -0.3 is 15.3 Å². The summed E-state index contributed by atoms with van der Waals surface area (Å²) in [6.45, 7) is -0.169. The first-order valence-electron chi connectivity index (χ1n) is 4.78. The molecule has 1 fully saturated rings. The van der Waals surface area contributed by atoms with Crippen molar-refractivity contribution in [2.75, 3.05) is 0 Å². The van der Waals surface area contributed by atoms with Gasteiger partial charge in [-0.1, -0.05) is 18.2 Å². The van der Waals surface area contributed by atoms with Gasteiger partial charge in [0, 0.05) is 12.0 Å². The second-order valence-corrected chi connectivity index (χ2v) is 3.98. The van der Waals surface area contributed by atoms with Crippen molar-refractivity contribution < 1.29 is 15.3 Å². The molecule has 0 aliphatic heterocycles.